The molecule has 6 nitrogen and oxygen atoms in total. The van der Waals surface area contributed by atoms with Crippen molar-refractivity contribution in [3.63, 3.8) is 0 Å². The molecule has 0 bridgehead atoms. The number of para-hydroxylation sites is 1. The van der Waals surface area contributed by atoms with E-state index < -0.39 is 15.9 Å². The Balaban J connectivity index is 1.65. The molecule has 0 aliphatic carbocycles. The molecule has 1 N–H and O–H groups in total. The number of piperidine rings is 1. The molecule has 1 aliphatic heterocycles. The third-order valence-corrected chi connectivity index (χ3v) is 7.26. The van der Waals surface area contributed by atoms with Crippen molar-refractivity contribution in [2.45, 2.75) is 24.2 Å². The van der Waals surface area contributed by atoms with Crippen molar-refractivity contribution < 1.29 is 17.9 Å². The van der Waals surface area contributed by atoms with Gasteiger partial charge in [-0.15, -0.1) is 0 Å². The van der Waals surface area contributed by atoms with E-state index >= 15 is 0 Å². The minimum absolute atomic E-state index is 0.101. The van der Waals surface area contributed by atoms with Gasteiger partial charge < -0.3 is 10.1 Å². The van der Waals surface area contributed by atoms with E-state index in [1.54, 1.807) is 18.2 Å². The fraction of sp³-hybridized carbons (Fsp3) is 0.316. The first-order chi connectivity index (χ1) is 13.8. The quantitative estimate of drug-likeness (QED) is 0.646. The van der Waals surface area contributed by atoms with E-state index in [-0.39, 0.29) is 22.3 Å². The lowest BCUT2D eigenvalue weighted by molar-refractivity contribution is -0.118. The predicted octanol–water partition coefficient (Wildman–Crippen LogP) is 4.84. The Bertz CT molecular complexity index is 988. The molecule has 1 heterocycles. The van der Waals surface area contributed by atoms with E-state index in [9.17, 15) is 13.2 Å². The summed E-state index contributed by atoms with van der Waals surface area (Å²) in [6.07, 6.45) is 2.72. The van der Waals surface area contributed by atoms with E-state index in [1.165, 1.54) is 22.5 Å². The first kappa shape index (κ1) is 22.2. The van der Waals surface area contributed by atoms with Crippen LogP contribution in [-0.4, -0.2) is 38.3 Å². The van der Waals surface area contributed by atoms with Gasteiger partial charge in [-0.3, -0.25) is 4.79 Å². The summed E-state index contributed by atoms with van der Waals surface area (Å²) in [5.74, 6) is -0.286. The summed E-state index contributed by atoms with van der Waals surface area (Å²) in [7, 11) is -3.60. The highest BCUT2D eigenvalue weighted by molar-refractivity contribution is 7.89. The lowest BCUT2D eigenvalue weighted by atomic mass is 10.2. The van der Waals surface area contributed by atoms with Crippen LogP contribution >= 0.6 is 34.8 Å². The highest BCUT2D eigenvalue weighted by atomic mass is 35.5. The van der Waals surface area contributed by atoms with Gasteiger partial charge in [0.15, 0.2) is 6.61 Å². The minimum atomic E-state index is -3.60. The summed E-state index contributed by atoms with van der Waals surface area (Å²) in [5, 5.41) is 3.28. The van der Waals surface area contributed by atoms with Gasteiger partial charge in [0.05, 0.1) is 25.7 Å². The Morgan fingerprint density at radius 2 is 1.66 bits per heavy atom. The number of carbonyl (C=O) groups excluding carboxylic acids is 1. The fourth-order valence-corrected chi connectivity index (χ4v) is 5.29. The van der Waals surface area contributed by atoms with Crippen molar-refractivity contribution in [3.8, 4) is 5.75 Å². The molecular weight excluding hydrogens is 459 g/mol. The number of sulfonamides is 1. The number of amides is 1. The van der Waals surface area contributed by atoms with Gasteiger partial charge in [0, 0.05) is 13.1 Å². The Morgan fingerprint density at radius 1 is 1.00 bits per heavy atom. The summed E-state index contributed by atoms with van der Waals surface area (Å²) >= 11 is 18.2. The van der Waals surface area contributed by atoms with Gasteiger partial charge in [0.2, 0.25) is 10.0 Å². The smallest absolute Gasteiger partial charge is 0.262 e. The number of nitrogens with zero attached hydrogens (tertiary/aromatic N) is 1. The molecule has 0 unspecified atom stereocenters. The maximum absolute atomic E-state index is 12.7. The van der Waals surface area contributed by atoms with Gasteiger partial charge in [-0.25, -0.2) is 8.42 Å². The summed E-state index contributed by atoms with van der Waals surface area (Å²) in [4.78, 5) is 12.2. The zero-order valence-electron chi connectivity index (χ0n) is 15.3. The number of halogens is 3. The van der Waals surface area contributed by atoms with Crippen LogP contribution in [0.3, 0.4) is 0 Å². The number of hydrogen-bond donors (Lipinski definition) is 1. The monoisotopic (exact) mass is 476 g/mol. The number of carbonyl (C=O) groups is 1. The summed E-state index contributed by atoms with van der Waals surface area (Å²) < 4.78 is 32.3. The largest absolute Gasteiger partial charge is 0.482 e. The lowest BCUT2D eigenvalue weighted by Gasteiger charge is -2.26. The number of nitrogens with one attached hydrogen (secondary N) is 1. The van der Waals surface area contributed by atoms with Crippen molar-refractivity contribution in [1.82, 2.24) is 4.31 Å². The molecule has 1 aliphatic rings. The molecule has 0 atom stereocenters. The van der Waals surface area contributed by atoms with Crippen molar-refractivity contribution in [2.75, 3.05) is 25.0 Å². The van der Waals surface area contributed by atoms with Crippen molar-refractivity contribution in [1.29, 1.82) is 0 Å². The molecule has 29 heavy (non-hydrogen) atoms. The molecule has 0 spiro atoms. The number of benzene rings is 2. The zero-order chi connectivity index (χ0) is 21.0. The van der Waals surface area contributed by atoms with Crippen molar-refractivity contribution in [2.24, 2.45) is 0 Å². The summed E-state index contributed by atoms with van der Waals surface area (Å²) in [6, 6.07) is 9.06. The average molecular weight is 478 g/mol. The maximum atomic E-state index is 12.7. The maximum Gasteiger partial charge on any atom is 0.262 e. The van der Waals surface area contributed by atoms with Crippen LogP contribution < -0.4 is 10.1 Å². The molecule has 2 aromatic carbocycles. The van der Waals surface area contributed by atoms with Gasteiger partial charge in [0.25, 0.3) is 5.91 Å². The second-order valence-electron chi connectivity index (χ2n) is 6.49. The topological polar surface area (TPSA) is 75.7 Å². The fourth-order valence-electron chi connectivity index (χ4n) is 2.95. The van der Waals surface area contributed by atoms with Crippen LogP contribution in [0, 0.1) is 0 Å². The minimum Gasteiger partial charge on any atom is -0.482 e. The van der Waals surface area contributed by atoms with Crippen LogP contribution in [0.4, 0.5) is 5.69 Å². The highest BCUT2D eigenvalue weighted by Crippen LogP contribution is 2.31. The van der Waals surface area contributed by atoms with E-state index in [4.69, 9.17) is 39.5 Å². The highest BCUT2D eigenvalue weighted by Gasteiger charge is 2.26. The van der Waals surface area contributed by atoms with Gasteiger partial charge >= 0.3 is 0 Å². The molecule has 3 rings (SSSR count). The zero-order valence-corrected chi connectivity index (χ0v) is 18.4. The molecule has 0 aromatic heterocycles. The van der Waals surface area contributed by atoms with Crippen molar-refractivity contribution in [3.05, 3.63) is 51.5 Å². The first-order valence-corrected chi connectivity index (χ1v) is 11.5. The molecule has 156 valence electrons. The van der Waals surface area contributed by atoms with Crippen molar-refractivity contribution >= 4 is 56.4 Å². The molecular formula is C19H19Cl3N2O4S. The molecule has 1 saturated heterocycles. The molecule has 10 heteroatoms. The third-order valence-electron chi connectivity index (χ3n) is 4.44. The van der Waals surface area contributed by atoms with Crippen LogP contribution in [-0.2, 0) is 14.8 Å². The van der Waals surface area contributed by atoms with E-state index in [2.05, 4.69) is 5.32 Å². The Kier molecular flexibility index (Phi) is 7.29. The third kappa shape index (κ3) is 5.35. The number of ether oxygens (including phenoxy) is 1. The first-order valence-electron chi connectivity index (χ1n) is 8.95. The van der Waals surface area contributed by atoms with Gasteiger partial charge in [-0.05, 0) is 43.2 Å². The molecule has 1 amide bonds. The van der Waals surface area contributed by atoms with Gasteiger partial charge in [-0.1, -0.05) is 47.3 Å². The van der Waals surface area contributed by atoms with Crippen LogP contribution in [0.2, 0.25) is 15.1 Å². The Hall–Kier alpha value is -1.51. The van der Waals surface area contributed by atoms with E-state index in [0.29, 0.717) is 28.8 Å². The second kappa shape index (κ2) is 9.53. The molecule has 0 radical (unpaired) electrons. The molecule has 2 aromatic rings. The summed E-state index contributed by atoms with van der Waals surface area (Å²) in [6.45, 7) is 0.658. The second-order valence-corrected chi connectivity index (χ2v) is 9.65. The SMILES string of the molecule is O=C(COc1ccc(S(=O)(=O)N2CCCCC2)cc1Cl)Nc1c(Cl)cccc1Cl. The Labute approximate surface area is 184 Å². The summed E-state index contributed by atoms with van der Waals surface area (Å²) in [5.41, 5.74) is 0.290. The Morgan fingerprint density at radius 3 is 2.28 bits per heavy atom. The van der Waals surface area contributed by atoms with E-state index in [1.807, 2.05) is 0 Å². The normalized spacial score (nSPS) is 15.1. The standard InChI is InChI=1S/C19H19Cl3N2O4S/c20-14-5-4-6-15(21)19(14)23-18(25)12-28-17-8-7-13(11-16(17)22)29(26,27)24-9-2-1-3-10-24/h4-8,11H,1-3,9-10,12H2,(H,23,25). The van der Waals surface area contributed by atoms with Crippen LogP contribution in [0.1, 0.15) is 19.3 Å². The number of rotatable bonds is 6. The van der Waals surface area contributed by atoms with E-state index in [0.717, 1.165) is 19.3 Å². The van der Waals surface area contributed by atoms with Gasteiger partial charge in [-0.2, -0.15) is 4.31 Å². The molecule has 0 saturated carbocycles. The van der Waals surface area contributed by atoms with Crippen LogP contribution in [0.15, 0.2) is 41.3 Å². The molecule has 1 fully saturated rings. The number of hydrogen-bond acceptors (Lipinski definition) is 4. The predicted molar refractivity (Wildman–Crippen MR) is 115 cm³/mol. The van der Waals surface area contributed by atoms with Gasteiger partial charge in [0.1, 0.15) is 5.75 Å². The van der Waals surface area contributed by atoms with Crippen LogP contribution in [0.25, 0.3) is 0 Å². The number of anilines is 1. The lowest BCUT2D eigenvalue weighted by Crippen LogP contribution is -2.35. The average Bonchev–Trinajstić information content (AvgIpc) is 2.70. The van der Waals surface area contributed by atoms with Crippen LogP contribution in [0.5, 0.6) is 5.75 Å².